The van der Waals surface area contributed by atoms with Gasteiger partial charge >= 0.3 is 0 Å². The number of halogens is 1. The van der Waals surface area contributed by atoms with Crippen molar-refractivity contribution in [2.45, 2.75) is 39.2 Å². The summed E-state index contributed by atoms with van der Waals surface area (Å²) in [6.45, 7) is 4.45. The maximum absolute atomic E-state index is 12.9. The number of aromatic nitrogens is 2. The molecule has 1 saturated heterocycles. The average molecular weight is 403 g/mol. The lowest BCUT2D eigenvalue weighted by atomic mass is 9.96. The molecular formula is C21H27ClN4O2. The van der Waals surface area contributed by atoms with E-state index in [2.05, 4.69) is 17.3 Å². The third-order valence-corrected chi connectivity index (χ3v) is 5.45. The van der Waals surface area contributed by atoms with Gasteiger partial charge in [-0.1, -0.05) is 43.1 Å². The van der Waals surface area contributed by atoms with Crippen LogP contribution in [-0.4, -0.2) is 46.1 Å². The maximum atomic E-state index is 12.9. The fourth-order valence-corrected chi connectivity index (χ4v) is 3.65. The molecule has 1 N–H and O–H groups in total. The molecule has 1 atom stereocenters. The smallest absolute Gasteiger partial charge is 0.257 e. The van der Waals surface area contributed by atoms with Crippen molar-refractivity contribution in [1.29, 1.82) is 0 Å². The maximum Gasteiger partial charge on any atom is 0.257 e. The molecule has 2 amide bonds. The van der Waals surface area contributed by atoms with E-state index >= 15 is 0 Å². The Kier molecular flexibility index (Phi) is 7.09. The first-order chi connectivity index (χ1) is 13.6. The molecule has 0 spiro atoms. The van der Waals surface area contributed by atoms with Crippen LogP contribution in [0.1, 0.15) is 48.5 Å². The standard InChI is InChI=1S/C21H27ClN4O2/c1-2-3-10-23-20(27)17-8-6-11-25(13-17)21(28)18-12-24-26(15-18)14-16-7-4-5-9-19(16)22/h4-5,7,9,12,15,17H,2-3,6,8,10-11,13-14H2,1H3,(H,23,27). The van der Waals surface area contributed by atoms with Crippen molar-refractivity contribution in [3.05, 3.63) is 52.8 Å². The summed E-state index contributed by atoms with van der Waals surface area (Å²) < 4.78 is 1.72. The molecule has 150 valence electrons. The van der Waals surface area contributed by atoms with Crippen LogP contribution in [0.25, 0.3) is 0 Å². The first-order valence-corrected chi connectivity index (χ1v) is 10.3. The van der Waals surface area contributed by atoms with Crippen LogP contribution >= 0.6 is 11.6 Å². The van der Waals surface area contributed by atoms with E-state index in [0.29, 0.717) is 36.8 Å². The van der Waals surface area contributed by atoms with Gasteiger partial charge in [0.2, 0.25) is 5.91 Å². The van der Waals surface area contributed by atoms with Gasteiger partial charge < -0.3 is 10.2 Å². The zero-order valence-corrected chi connectivity index (χ0v) is 17.0. The SMILES string of the molecule is CCCCNC(=O)C1CCCN(C(=O)c2cnn(Cc3ccccc3Cl)c2)C1. The minimum atomic E-state index is -0.132. The molecule has 0 aliphatic carbocycles. The molecule has 0 bridgehead atoms. The first-order valence-electron chi connectivity index (χ1n) is 9.91. The van der Waals surface area contributed by atoms with Gasteiger partial charge in [-0.2, -0.15) is 5.10 Å². The molecule has 7 heteroatoms. The fraction of sp³-hybridized carbons (Fsp3) is 0.476. The minimum Gasteiger partial charge on any atom is -0.356 e. The Morgan fingerprint density at radius 1 is 1.32 bits per heavy atom. The Balaban J connectivity index is 1.60. The van der Waals surface area contributed by atoms with Crippen molar-refractivity contribution < 1.29 is 9.59 Å². The van der Waals surface area contributed by atoms with E-state index in [0.717, 1.165) is 31.2 Å². The average Bonchev–Trinajstić information content (AvgIpc) is 3.18. The van der Waals surface area contributed by atoms with Crippen molar-refractivity contribution in [2.75, 3.05) is 19.6 Å². The van der Waals surface area contributed by atoms with Gasteiger partial charge in [0.1, 0.15) is 0 Å². The monoisotopic (exact) mass is 402 g/mol. The quantitative estimate of drug-likeness (QED) is 0.722. The Morgan fingerprint density at radius 3 is 2.93 bits per heavy atom. The number of likely N-dealkylation sites (tertiary alicyclic amines) is 1. The second-order valence-corrected chi connectivity index (χ2v) is 7.66. The molecule has 1 aromatic carbocycles. The van der Waals surface area contributed by atoms with Gasteiger partial charge in [0, 0.05) is 30.9 Å². The largest absolute Gasteiger partial charge is 0.356 e. The van der Waals surface area contributed by atoms with Crippen LogP contribution in [0.5, 0.6) is 0 Å². The summed E-state index contributed by atoms with van der Waals surface area (Å²) in [5, 5.41) is 7.97. The molecule has 28 heavy (non-hydrogen) atoms. The molecule has 1 aromatic heterocycles. The number of rotatable bonds is 7. The molecule has 0 saturated carbocycles. The van der Waals surface area contributed by atoms with Gasteiger partial charge in [0.05, 0.1) is 24.2 Å². The molecule has 1 unspecified atom stereocenters. The first kappa shape index (κ1) is 20.4. The predicted octanol–water partition coefficient (Wildman–Crippen LogP) is 3.35. The summed E-state index contributed by atoms with van der Waals surface area (Å²) in [6.07, 6.45) is 7.03. The van der Waals surface area contributed by atoms with Gasteiger partial charge in [-0.15, -0.1) is 0 Å². The number of hydrogen-bond acceptors (Lipinski definition) is 3. The summed E-state index contributed by atoms with van der Waals surface area (Å²) in [5.74, 6) is -0.149. The number of benzene rings is 1. The van der Waals surface area contributed by atoms with E-state index in [9.17, 15) is 9.59 Å². The molecule has 6 nitrogen and oxygen atoms in total. The second-order valence-electron chi connectivity index (χ2n) is 7.25. The summed E-state index contributed by atoms with van der Waals surface area (Å²) >= 11 is 6.20. The van der Waals surface area contributed by atoms with Gasteiger partial charge in [-0.05, 0) is 30.9 Å². The molecule has 1 aliphatic rings. The Hall–Kier alpha value is -2.34. The second kappa shape index (κ2) is 9.73. The Labute approximate surface area is 170 Å². The summed E-state index contributed by atoms with van der Waals surface area (Å²) in [6, 6.07) is 7.59. The van der Waals surface area contributed by atoms with Crippen molar-refractivity contribution >= 4 is 23.4 Å². The lowest BCUT2D eigenvalue weighted by Gasteiger charge is -2.31. The van der Waals surface area contributed by atoms with Gasteiger partial charge in [0.15, 0.2) is 0 Å². The predicted molar refractivity (Wildman–Crippen MR) is 109 cm³/mol. The van der Waals surface area contributed by atoms with Crippen LogP contribution in [0, 0.1) is 5.92 Å². The van der Waals surface area contributed by atoms with Gasteiger partial charge in [-0.25, -0.2) is 0 Å². The Morgan fingerprint density at radius 2 is 2.14 bits per heavy atom. The number of nitrogens with one attached hydrogen (secondary N) is 1. The third kappa shape index (κ3) is 5.13. The van der Waals surface area contributed by atoms with Crippen LogP contribution in [-0.2, 0) is 11.3 Å². The van der Waals surface area contributed by atoms with Crippen molar-refractivity contribution in [3.63, 3.8) is 0 Å². The van der Waals surface area contributed by atoms with Crippen molar-refractivity contribution in [1.82, 2.24) is 20.0 Å². The van der Waals surface area contributed by atoms with E-state index < -0.39 is 0 Å². The summed E-state index contributed by atoms with van der Waals surface area (Å²) in [7, 11) is 0. The number of nitrogens with zero attached hydrogens (tertiary/aromatic N) is 3. The van der Waals surface area contributed by atoms with Crippen molar-refractivity contribution in [2.24, 2.45) is 5.92 Å². The number of piperidine rings is 1. The molecule has 1 aliphatic heterocycles. The number of hydrogen-bond donors (Lipinski definition) is 1. The number of unbranched alkanes of at least 4 members (excludes halogenated alkanes) is 1. The number of carbonyl (C=O) groups excluding carboxylic acids is 2. The minimum absolute atomic E-state index is 0.0559. The molecule has 3 rings (SSSR count). The van der Waals surface area contributed by atoms with Crippen LogP contribution < -0.4 is 5.32 Å². The molecule has 0 radical (unpaired) electrons. The highest BCUT2D eigenvalue weighted by Crippen LogP contribution is 2.20. The lowest BCUT2D eigenvalue weighted by Crippen LogP contribution is -2.45. The molecule has 2 aromatic rings. The van der Waals surface area contributed by atoms with E-state index in [1.165, 1.54) is 0 Å². The Bertz CT molecular complexity index is 820. The fourth-order valence-electron chi connectivity index (χ4n) is 3.45. The topological polar surface area (TPSA) is 67.2 Å². The van der Waals surface area contributed by atoms with Crippen molar-refractivity contribution in [3.8, 4) is 0 Å². The molecule has 2 heterocycles. The van der Waals surface area contributed by atoms with Crippen LogP contribution in [0.2, 0.25) is 5.02 Å². The van der Waals surface area contributed by atoms with Gasteiger partial charge in [0.25, 0.3) is 5.91 Å². The molecule has 1 fully saturated rings. The number of amides is 2. The zero-order chi connectivity index (χ0) is 19.9. The highest BCUT2D eigenvalue weighted by atomic mass is 35.5. The van der Waals surface area contributed by atoms with E-state index in [1.54, 1.807) is 22.0 Å². The van der Waals surface area contributed by atoms with Gasteiger partial charge in [-0.3, -0.25) is 14.3 Å². The van der Waals surface area contributed by atoms with E-state index in [-0.39, 0.29) is 17.7 Å². The normalized spacial score (nSPS) is 16.8. The third-order valence-electron chi connectivity index (χ3n) is 5.08. The number of carbonyl (C=O) groups is 2. The summed E-state index contributed by atoms with van der Waals surface area (Å²) in [4.78, 5) is 27.0. The summed E-state index contributed by atoms with van der Waals surface area (Å²) in [5.41, 5.74) is 1.49. The van der Waals surface area contributed by atoms with E-state index in [1.807, 2.05) is 24.3 Å². The van der Waals surface area contributed by atoms with Crippen LogP contribution in [0.15, 0.2) is 36.7 Å². The highest BCUT2D eigenvalue weighted by Gasteiger charge is 2.29. The highest BCUT2D eigenvalue weighted by molar-refractivity contribution is 6.31. The lowest BCUT2D eigenvalue weighted by molar-refractivity contribution is -0.126. The molecular weight excluding hydrogens is 376 g/mol. The van der Waals surface area contributed by atoms with Crippen LogP contribution in [0.3, 0.4) is 0 Å². The van der Waals surface area contributed by atoms with E-state index in [4.69, 9.17) is 11.6 Å². The van der Waals surface area contributed by atoms with Crippen LogP contribution in [0.4, 0.5) is 0 Å². The zero-order valence-electron chi connectivity index (χ0n) is 16.2.